The van der Waals surface area contributed by atoms with Gasteiger partial charge in [0.25, 0.3) is 0 Å². The van der Waals surface area contributed by atoms with E-state index in [1.165, 1.54) is 6.42 Å². The topological polar surface area (TPSA) is 108 Å². The molecule has 0 aliphatic heterocycles. The molecule has 0 saturated heterocycles. The summed E-state index contributed by atoms with van der Waals surface area (Å²) in [6, 6.07) is 0. The fourth-order valence-corrected chi connectivity index (χ4v) is 4.47. The van der Waals surface area contributed by atoms with E-state index in [1.54, 1.807) is 6.08 Å². The highest BCUT2D eigenvalue weighted by Crippen LogP contribution is 2.43. The van der Waals surface area contributed by atoms with Gasteiger partial charge < -0.3 is 18.9 Å². The maximum absolute atomic E-state index is 12.5. The van der Waals surface area contributed by atoms with Crippen LogP contribution < -0.4 is 0 Å². The first kappa shape index (κ1) is 42.7. The van der Waals surface area contributed by atoms with Crippen molar-refractivity contribution in [3.05, 3.63) is 60.8 Å². The number of quaternary nitrogens is 1. The smallest absolute Gasteiger partial charge is 0.462 e. The normalized spacial score (nSPS) is 14.7. The van der Waals surface area contributed by atoms with Gasteiger partial charge in [0.05, 0.1) is 34.2 Å². The third-order valence-corrected chi connectivity index (χ3v) is 7.33. The van der Waals surface area contributed by atoms with Gasteiger partial charge in [-0.25, -0.2) is 4.57 Å². The molecule has 0 heterocycles. The van der Waals surface area contributed by atoms with Crippen molar-refractivity contribution in [2.45, 2.75) is 103 Å². The number of ether oxygens (including phenoxy) is 2. The average molecular weight is 655 g/mol. The van der Waals surface area contributed by atoms with Gasteiger partial charge in [0.15, 0.2) is 6.10 Å². The minimum atomic E-state index is -4.38. The second-order valence-corrected chi connectivity index (χ2v) is 13.3. The Morgan fingerprint density at radius 1 is 0.711 bits per heavy atom. The van der Waals surface area contributed by atoms with Gasteiger partial charge in [-0.3, -0.25) is 18.6 Å². The van der Waals surface area contributed by atoms with E-state index in [0.717, 1.165) is 57.8 Å². The minimum Gasteiger partial charge on any atom is -0.462 e. The van der Waals surface area contributed by atoms with Crippen molar-refractivity contribution in [3.63, 3.8) is 0 Å². The van der Waals surface area contributed by atoms with Crippen molar-refractivity contribution < 1.29 is 42.1 Å². The molecule has 0 spiro atoms. The molecule has 10 heteroatoms. The number of unbranched alkanes of at least 4 members (excludes halogenated alkanes) is 5. The summed E-state index contributed by atoms with van der Waals surface area (Å²) in [4.78, 5) is 34.7. The molecule has 0 aromatic heterocycles. The second kappa shape index (κ2) is 28.0. The van der Waals surface area contributed by atoms with Crippen molar-refractivity contribution in [2.24, 2.45) is 0 Å². The Bertz CT molecular complexity index is 965. The Morgan fingerprint density at radius 3 is 1.80 bits per heavy atom. The third kappa shape index (κ3) is 31.5. The summed E-state index contributed by atoms with van der Waals surface area (Å²) in [5, 5.41) is 0. The van der Waals surface area contributed by atoms with Crippen LogP contribution >= 0.6 is 7.82 Å². The summed E-state index contributed by atoms with van der Waals surface area (Å²) in [6.07, 6.45) is 30.5. The lowest BCUT2D eigenvalue weighted by atomic mass is 10.1. The van der Waals surface area contributed by atoms with Crippen molar-refractivity contribution in [1.82, 2.24) is 0 Å². The largest absolute Gasteiger partial charge is 0.472 e. The lowest BCUT2D eigenvalue weighted by Crippen LogP contribution is -2.37. The maximum Gasteiger partial charge on any atom is 0.472 e. The van der Waals surface area contributed by atoms with E-state index in [2.05, 4.69) is 56.4 Å². The van der Waals surface area contributed by atoms with Crippen LogP contribution in [-0.4, -0.2) is 74.9 Å². The highest BCUT2D eigenvalue weighted by atomic mass is 31.2. The summed E-state index contributed by atoms with van der Waals surface area (Å²) in [6.45, 7) is 4.07. The van der Waals surface area contributed by atoms with Gasteiger partial charge >= 0.3 is 19.8 Å². The van der Waals surface area contributed by atoms with Crippen LogP contribution in [0.15, 0.2) is 60.8 Å². The van der Waals surface area contributed by atoms with E-state index in [1.807, 2.05) is 33.3 Å². The third-order valence-electron chi connectivity index (χ3n) is 6.35. The van der Waals surface area contributed by atoms with Gasteiger partial charge in [-0.05, 0) is 38.5 Å². The standard InChI is InChI=1S/C35H60NO8P/c1-6-8-10-12-14-15-16-17-18-19-20-21-22-24-26-28-35(38)44-33(31-41-34(37)27-25-23-13-11-9-7-2)32-43-45(39,40)42-30-29-36(3,4)5/h8,10,14-15,17-18,20-21,24,26,33H,6-7,9,11-13,16,19,22-23,25,27-32H2,1-5H3/p+1/b10-8-,15-14-,18-17-,21-20-,26-24-. The van der Waals surface area contributed by atoms with Crippen LogP contribution in [0.3, 0.4) is 0 Å². The van der Waals surface area contributed by atoms with E-state index < -0.39 is 32.5 Å². The van der Waals surface area contributed by atoms with Gasteiger partial charge in [-0.15, -0.1) is 0 Å². The summed E-state index contributed by atoms with van der Waals surface area (Å²) in [5.74, 6) is -0.966. The molecular weight excluding hydrogens is 593 g/mol. The van der Waals surface area contributed by atoms with E-state index in [0.29, 0.717) is 17.4 Å². The van der Waals surface area contributed by atoms with Gasteiger partial charge in [0, 0.05) is 6.42 Å². The fraction of sp³-hybridized carbons (Fsp3) is 0.657. The van der Waals surface area contributed by atoms with Gasteiger partial charge in [0.1, 0.15) is 19.8 Å². The Balaban J connectivity index is 4.66. The lowest BCUT2D eigenvalue weighted by molar-refractivity contribution is -0.870. The average Bonchev–Trinajstić information content (AvgIpc) is 2.97. The fourth-order valence-electron chi connectivity index (χ4n) is 3.73. The van der Waals surface area contributed by atoms with E-state index >= 15 is 0 Å². The zero-order valence-electron chi connectivity index (χ0n) is 28.6. The van der Waals surface area contributed by atoms with Crippen molar-refractivity contribution >= 4 is 19.8 Å². The molecule has 258 valence electrons. The first-order valence-electron chi connectivity index (χ1n) is 16.5. The first-order valence-corrected chi connectivity index (χ1v) is 18.0. The zero-order chi connectivity index (χ0) is 33.7. The van der Waals surface area contributed by atoms with Crippen LogP contribution in [-0.2, 0) is 32.7 Å². The Labute approximate surface area is 273 Å². The number of allylic oxidation sites excluding steroid dienone is 9. The number of phosphoric acid groups is 1. The van der Waals surface area contributed by atoms with Crippen molar-refractivity contribution in [1.29, 1.82) is 0 Å². The summed E-state index contributed by atoms with van der Waals surface area (Å²) in [7, 11) is 1.41. The monoisotopic (exact) mass is 654 g/mol. The zero-order valence-corrected chi connectivity index (χ0v) is 29.5. The van der Waals surface area contributed by atoms with Crippen LogP contribution in [0.25, 0.3) is 0 Å². The number of rotatable bonds is 28. The highest BCUT2D eigenvalue weighted by Gasteiger charge is 2.26. The van der Waals surface area contributed by atoms with Crippen LogP contribution in [0.5, 0.6) is 0 Å². The number of nitrogens with zero attached hydrogens (tertiary/aromatic N) is 1. The molecule has 2 unspecified atom stereocenters. The van der Waals surface area contributed by atoms with Crippen molar-refractivity contribution in [2.75, 3.05) is 47.5 Å². The maximum atomic E-state index is 12.5. The summed E-state index contributed by atoms with van der Waals surface area (Å²) in [5.41, 5.74) is 0. The molecule has 0 amide bonds. The van der Waals surface area contributed by atoms with Crippen molar-refractivity contribution in [3.8, 4) is 0 Å². The van der Waals surface area contributed by atoms with Crippen LogP contribution in [0, 0.1) is 0 Å². The molecule has 0 saturated carbocycles. The summed E-state index contributed by atoms with van der Waals surface area (Å²) < 4.78 is 33.7. The Morgan fingerprint density at radius 2 is 1.24 bits per heavy atom. The molecule has 0 fully saturated rings. The molecule has 0 aromatic rings. The number of hydrogen-bond donors (Lipinski definition) is 1. The van der Waals surface area contributed by atoms with E-state index in [4.69, 9.17) is 18.5 Å². The first-order chi connectivity index (χ1) is 21.5. The highest BCUT2D eigenvalue weighted by molar-refractivity contribution is 7.47. The second-order valence-electron chi connectivity index (χ2n) is 11.8. The molecule has 45 heavy (non-hydrogen) atoms. The van der Waals surface area contributed by atoms with Crippen LogP contribution in [0.1, 0.15) is 97.3 Å². The minimum absolute atomic E-state index is 0.00646. The van der Waals surface area contributed by atoms with Crippen LogP contribution in [0.4, 0.5) is 0 Å². The molecule has 2 atom stereocenters. The summed E-state index contributed by atoms with van der Waals surface area (Å²) >= 11 is 0. The number of carbonyl (C=O) groups excluding carboxylic acids is 2. The predicted octanol–water partition coefficient (Wildman–Crippen LogP) is 8.17. The van der Waals surface area contributed by atoms with Gasteiger partial charge in [-0.1, -0.05) is 107 Å². The molecule has 0 bridgehead atoms. The van der Waals surface area contributed by atoms with E-state index in [-0.39, 0.29) is 26.1 Å². The molecule has 1 N–H and O–H groups in total. The molecule has 0 aliphatic rings. The Hall–Kier alpha value is -2.29. The number of likely N-dealkylation sites (N-methyl/N-ethyl adjacent to an activating group) is 1. The molecule has 0 aromatic carbocycles. The number of esters is 2. The quantitative estimate of drug-likeness (QED) is 0.0296. The Kier molecular flexibility index (Phi) is 26.6. The molecule has 0 radical (unpaired) electrons. The van der Waals surface area contributed by atoms with Gasteiger partial charge in [0.2, 0.25) is 0 Å². The molecule has 0 rings (SSSR count). The molecule has 0 aliphatic carbocycles. The lowest BCUT2D eigenvalue weighted by Gasteiger charge is -2.24. The predicted molar refractivity (Wildman–Crippen MR) is 183 cm³/mol. The SMILES string of the molecule is CC/C=C\C/C=C\C/C=C\C/C=C\C/C=C\CC(=O)OC(COC(=O)CCCCCCCC)COP(=O)(O)OCC[N+](C)(C)C. The number of carbonyl (C=O) groups is 2. The molecule has 9 nitrogen and oxygen atoms in total. The number of hydrogen-bond acceptors (Lipinski definition) is 7. The van der Waals surface area contributed by atoms with E-state index in [9.17, 15) is 19.0 Å². The van der Waals surface area contributed by atoms with Crippen LogP contribution in [0.2, 0.25) is 0 Å². The molecular formula is C35H61NO8P+. The van der Waals surface area contributed by atoms with Gasteiger partial charge in [-0.2, -0.15) is 0 Å². The number of phosphoric ester groups is 1.